The molecule has 21 heavy (non-hydrogen) atoms. The van der Waals surface area contributed by atoms with Crippen LogP contribution in [0.3, 0.4) is 0 Å². The smallest absolute Gasteiger partial charge is 0.651 e. The van der Waals surface area contributed by atoms with Crippen LogP contribution in [0.1, 0.15) is 53.9 Å². The van der Waals surface area contributed by atoms with E-state index in [4.69, 9.17) is 9.47 Å². The molecule has 0 radical (unpaired) electrons. The number of ether oxygens (including phenoxy) is 2. The predicted octanol–water partition coefficient (Wildman–Crippen LogP) is 0.323. The summed E-state index contributed by atoms with van der Waals surface area (Å²) in [7, 11) is 0. The zero-order chi connectivity index (χ0) is 15.8. The third-order valence-corrected chi connectivity index (χ3v) is 2.01. The summed E-state index contributed by atoms with van der Waals surface area (Å²) in [6.45, 7) is 11.2. The molecule has 0 unspecified atom stereocenters. The summed E-state index contributed by atoms with van der Waals surface area (Å²) in [6, 6.07) is 0. The summed E-state index contributed by atoms with van der Waals surface area (Å²) >= 11 is 0. The fraction of sp³-hybridized carbons (Fsp3) is 0.867. The van der Waals surface area contributed by atoms with Crippen molar-refractivity contribution in [3.63, 3.8) is 0 Å². The molecule has 0 aromatic carbocycles. The van der Waals surface area contributed by atoms with Crippen molar-refractivity contribution in [3.8, 4) is 0 Å². The SMILES string of the molecule is CC.CCC[N-]C(=O)COCCCOC(=O)CC(C)C.[Rb+]. The van der Waals surface area contributed by atoms with Crippen molar-refractivity contribution in [2.75, 3.05) is 26.4 Å². The molecule has 0 N–H and O–H groups in total. The molecule has 0 heterocycles. The van der Waals surface area contributed by atoms with Crippen LogP contribution in [0.4, 0.5) is 0 Å². The second-order valence-corrected chi connectivity index (χ2v) is 4.50. The van der Waals surface area contributed by atoms with Crippen molar-refractivity contribution >= 4 is 11.9 Å². The molecule has 0 aromatic heterocycles. The molecule has 120 valence electrons. The molecule has 0 aromatic rings. The predicted molar refractivity (Wildman–Crippen MR) is 80.7 cm³/mol. The molecule has 0 aliphatic heterocycles. The Morgan fingerprint density at radius 1 is 1.14 bits per heavy atom. The first-order chi connectivity index (χ1) is 9.56. The first-order valence-electron chi connectivity index (χ1n) is 7.50. The van der Waals surface area contributed by atoms with Crippen LogP contribution in [0.25, 0.3) is 5.32 Å². The number of nitrogens with zero attached hydrogens (tertiary/aromatic N) is 1. The maximum absolute atomic E-state index is 11.2. The molecule has 0 rings (SSSR count). The Morgan fingerprint density at radius 2 is 1.76 bits per heavy atom. The second-order valence-electron chi connectivity index (χ2n) is 4.50. The fourth-order valence-electron chi connectivity index (χ4n) is 1.18. The molecule has 1 amide bonds. The normalized spacial score (nSPS) is 9.24. The van der Waals surface area contributed by atoms with Crippen molar-refractivity contribution in [2.45, 2.75) is 53.9 Å². The summed E-state index contributed by atoms with van der Waals surface area (Å²) in [5.41, 5.74) is 0. The number of amides is 1. The van der Waals surface area contributed by atoms with Crippen LogP contribution >= 0.6 is 0 Å². The van der Waals surface area contributed by atoms with Crippen molar-refractivity contribution in [1.82, 2.24) is 0 Å². The van der Waals surface area contributed by atoms with Gasteiger partial charge in [0, 0.05) is 12.8 Å². The minimum Gasteiger partial charge on any atom is -0.651 e. The Kier molecular flexibility index (Phi) is 26.2. The topological polar surface area (TPSA) is 66.7 Å². The monoisotopic (exact) mass is 373 g/mol. The molecule has 0 fully saturated rings. The average Bonchev–Trinajstić information content (AvgIpc) is 2.41. The van der Waals surface area contributed by atoms with Crippen molar-refractivity contribution in [1.29, 1.82) is 0 Å². The Bertz CT molecular complexity index is 248. The Morgan fingerprint density at radius 3 is 2.29 bits per heavy atom. The first kappa shape index (κ1) is 26.6. The van der Waals surface area contributed by atoms with Gasteiger partial charge in [0.05, 0.1) is 25.7 Å². The number of carbonyl (C=O) groups excluding carboxylic acids is 2. The zero-order valence-corrected chi connectivity index (χ0v) is 19.5. The van der Waals surface area contributed by atoms with Gasteiger partial charge in [-0.2, -0.15) is 0 Å². The van der Waals surface area contributed by atoms with E-state index < -0.39 is 0 Å². The molecule has 0 bridgehead atoms. The van der Waals surface area contributed by atoms with Gasteiger partial charge in [0.15, 0.2) is 0 Å². The summed E-state index contributed by atoms with van der Waals surface area (Å²) in [4.78, 5) is 22.3. The van der Waals surface area contributed by atoms with E-state index in [1.165, 1.54) is 0 Å². The standard InChI is InChI=1S/C13H25NO4.C2H6.Rb/c1-4-6-14-12(15)10-17-7-5-8-18-13(16)9-11(2)3;1-2;/h11H,4-10H2,1-3H3,(H,14,15);1-2H3;/q;;+1/p-1. The van der Waals surface area contributed by atoms with Gasteiger partial charge < -0.3 is 19.6 Å². The van der Waals surface area contributed by atoms with Gasteiger partial charge in [0.1, 0.15) is 0 Å². The van der Waals surface area contributed by atoms with E-state index in [0.29, 0.717) is 38.5 Å². The first-order valence-corrected chi connectivity index (χ1v) is 7.50. The Labute approximate surface area is 178 Å². The van der Waals surface area contributed by atoms with E-state index in [1.54, 1.807) is 0 Å². The summed E-state index contributed by atoms with van der Waals surface area (Å²) in [5.74, 6) is -0.0979. The van der Waals surface area contributed by atoms with Crippen LogP contribution in [0, 0.1) is 5.92 Å². The largest absolute Gasteiger partial charge is 1.00 e. The molecule has 0 saturated heterocycles. The van der Waals surface area contributed by atoms with Gasteiger partial charge in [-0.3, -0.25) is 4.79 Å². The quantitative estimate of drug-likeness (QED) is 0.408. The average molecular weight is 374 g/mol. The van der Waals surface area contributed by atoms with Crippen molar-refractivity contribution < 1.29 is 77.3 Å². The van der Waals surface area contributed by atoms with Gasteiger partial charge in [-0.1, -0.05) is 41.0 Å². The van der Waals surface area contributed by atoms with Gasteiger partial charge in [-0.15, -0.1) is 6.54 Å². The van der Waals surface area contributed by atoms with E-state index in [9.17, 15) is 9.59 Å². The fourth-order valence-corrected chi connectivity index (χ4v) is 1.18. The van der Waals surface area contributed by atoms with Gasteiger partial charge in [-0.25, -0.2) is 0 Å². The van der Waals surface area contributed by atoms with Crippen LogP contribution in [-0.4, -0.2) is 38.2 Å². The van der Waals surface area contributed by atoms with Crippen LogP contribution < -0.4 is 58.2 Å². The maximum Gasteiger partial charge on any atom is 1.00 e. The zero-order valence-electron chi connectivity index (χ0n) is 14.6. The molecule has 5 nitrogen and oxygen atoms in total. The van der Waals surface area contributed by atoms with E-state index >= 15 is 0 Å². The molecular formula is C15H30NO4Rb. The minimum absolute atomic E-state index is 0. The number of esters is 1. The summed E-state index contributed by atoms with van der Waals surface area (Å²) < 4.78 is 10.1. The molecular weight excluding hydrogens is 344 g/mol. The molecule has 0 saturated carbocycles. The van der Waals surface area contributed by atoms with Crippen LogP contribution in [0.2, 0.25) is 0 Å². The van der Waals surface area contributed by atoms with Crippen LogP contribution in [0.15, 0.2) is 0 Å². The van der Waals surface area contributed by atoms with E-state index in [0.717, 1.165) is 6.42 Å². The Hall–Kier alpha value is 0.705. The summed E-state index contributed by atoms with van der Waals surface area (Å²) in [5, 5.41) is 3.77. The van der Waals surface area contributed by atoms with E-state index in [-0.39, 0.29) is 76.7 Å². The third-order valence-electron chi connectivity index (χ3n) is 2.01. The number of carbonyl (C=O) groups is 2. The number of hydrogen-bond acceptors (Lipinski definition) is 4. The van der Waals surface area contributed by atoms with Crippen LogP contribution in [0.5, 0.6) is 0 Å². The third kappa shape index (κ3) is 23.1. The number of hydrogen-bond donors (Lipinski definition) is 0. The molecule has 0 spiro atoms. The second kappa shape index (κ2) is 20.7. The van der Waals surface area contributed by atoms with Gasteiger partial charge in [0.25, 0.3) is 0 Å². The van der Waals surface area contributed by atoms with Crippen molar-refractivity contribution in [2.24, 2.45) is 5.92 Å². The maximum atomic E-state index is 11.2. The molecule has 6 heteroatoms. The molecule has 0 aliphatic carbocycles. The van der Waals surface area contributed by atoms with E-state index in [2.05, 4.69) is 5.32 Å². The van der Waals surface area contributed by atoms with Gasteiger partial charge in [-0.05, 0) is 5.92 Å². The van der Waals surface area contributed by atoms with Crippen molar-refractivity contribution in [3.05, 3.63) is 5.32 Å². The minimum atomic E-state index is -0.228. The molecule has 0 atom stereocenters. The van der Waals surface area contributed by atoms with Gasteiger partial charge >= 0.3 is 64.2 Å². The van der Waals surface area contributed by atoms with E-state index in [1.807, 2.05) is 34.6 Å². The molecule has 0 aliphatic rings. The van der Waals surface area contributed by atoms with Gasteiger partial charge in [0.2, 0.25) is 0 Å². The van der Waals surface area contributed by atoms with Crippen LogP contribution in [-0.2, 0) is 19.1 Å². The number of rotatable bonds is 10. The summed E-state index contributed by atoms with van der Waals surface area (Å²) in [6.07, 6.45) is 1.90. The Balaban J connectivity index is -0.00000103.